The summed E-state index contributed by atoms with van der Waals surface area (Å²) >= 11 is 0. The molecule has 0 aliphatic carbocycles. The van der Waals surface area contributed by atoms with Gasteiger partial charge < -0.3 is 5.73 Å². The molecular formula is C9H12N2O. The summed E-state index contributed by atoms with van der Waals surface area (Å²) in [7, 11) is 0. The molecule has 1 rings (SSSR count). The Hall–Kier alpha value is -1.22. The van der Waals surface area contributed by atoms with E-state index in [1.54, 1.807) is 12.4 Å². The number of ketones is 1. The first kappa shape index (κ1) is 8.87. The van der Waals surface area contributed by atoms with Crippen molar-refractivity contribution in [3.63, 3.8) is 0 Å². The number of rotatable bonds is 3. The lowest BCUT2D eigenvalue weighted by atomic mass is 10.1. The second-order valence-corrected chi connectivity index (χ2v) is 2.80. The van der Waals surface area contributed by atoms with E-state index < -0.39 is 0 Å². The molecule has 3 nitrogen and oxygen atoms in total. The molecule has 1 aromatic heterocycles. The van der Waals surface area contributed by atoms with E-state index in [4.69, 9.17) is 5.73 Å². The zero-order valence-electron chi connectivity index (χ0n) is 7.03. The van der Waals surface area contributed by atoms with E-state index in [9.17, 15) is 4.79 Å². The Morgan fingerprint density at radius 1 is 1.75 bits per heavy atom. The van der Waals surface area contributed by atoms with Crippen LogP contribution in [0.5, 0.6) is 0 Å². The number of hydrogen-bond donors (Lipinski definition) is 1. The molecule has 0 amide bonds. The molecule has 3 heteroatoms. The average molecular weight is 164 g/mol. The van der Waals surface area contributed by atoms with Crippen LogP contribution in [0.3, 0.4) is 0 Å². The van der Waals surface area contributed by atoms with Crippen molar-refractivity contribution in [1.82, 2.24) is 4.98 Å². The van der Waals surface area contributed by atoms with E-state index in [1.165, 1.54) is 6.92 Å². The first-order valence-electron chi connectivity index (χ1n) is 3.85. The van der Waals surface area contributed by atoms with Gasteiger partial charge >= 0.3 is 0 Å². The highest BCUT2D eigenvalue weighted by molar-refractivity contribution is 5.76. The number of nitrogens with two attached hydrogens (primary N) is 1. The zero-order valence-corrected chi connectivity index (χ0v) is 7.03. The standard InChI is InChI=1S/C9H12N2O/c1-7(12)5-9(10)8-3-2-4-11-6-8/h2-4,6,9H,5,10H2,1H3/t9-/m0/s1. The van der Waals surface area contributed by atoms with Crippen LogP contribution in [0.4, 0.5) is 0 Å². The SMILES string of the molecule is CC(=O)C[C@H](N)c1cccnc1. The monoisotopic (exact) mass is 164 g/mol. The van der Waals surface area contributed by atoms with Gasteiger partial charge in [-0.05, 0) is 18.6 Å². The lowest BCUT2D eigenvalue weighted by Gasteiger charge is -2.07. The summed E-state index contributed by atoms with van der Waals surface area (Å²) < 4.78 is 0. The third-order valence-corrected chi connectivity index (χ3v) is 1.62. The topological polar surface area (TPSA) is 56.0 Å². The first-order valence-corrected chi connectivity index (χ1v) is 3.85. The quantitative estimate of drug-likeness (QED) is 0.726. The van der Waals surface area contributed by atoms with E-state index in [2.05, 4.69) is 4.98 Å². The number of hydrogen-bond acceptors (Lipinski definition) is 3. The summed E-state index contributed by atoms with van der Waals surface area (Å²) in [6.45, 7) is 1.54. The fourth-order valence-electron chi connectivity index (χ4n) is 1.02. The van der Waals surface area contributed by atoms with Crippen LogP contribution >= 0.6 is 0 Å². The molecule has 12 heavy (non-hydrogen) atoms. The maximum Gasteiger partial charge on any atom is 0.131 e. The summed E-state index contributed by atoms with van der Waals surface area (Å²) in [4.78, 5) is 14.6. The number of aromatic nitrogens is 1. The predicted octanol–water partition coefficient (Wildman–Crippen LogP) is 1.06. The van der Waals surface area contributed by atoms with Crippen LogP contribution in [0.2, 0.25) is 0 Å². The molecule has 0 aromatic carbocycles. The van der Waals surface area contributed by atoms with Gasteiger partial charge in [-0.3, -0.25) is 9.78 Å². The fraction of sp³-hybridized carbons (Fsp3) is 0.333. The molecule has 0 saturated carbocycles. The smallest absolute Gasteiger partial charge is 0.131 e. The average Bonchev–Trinajstić information content (AvgIpc) is 2.05. The van der Waals surface area contributed by atoms with E-state index in [0.717, 1.165) is 5.56 Å². The summed E-state index contributed by atoms with van der Waals surface area (Å²) in [6, 6.07) is 3.48. The van der Waals surface area contributed by atoms with Crippen molar-refractivity contribution >= 4 is 5.78 Å². The summed E-state index contributed by atoms with van der Waals surface area (Å²) in [5.41, 5.74) is 6.64. The molecule has 0 radical (unpaired) electrons. The lowest BCUT2D eigenvalue weighted by Crippen LogP contribution is -2.13. The van der Waals surface area contributed by atoms with Gasteiger partial charge in [-0.15, -0.1) is 0 Å². The van der Waals surface area contributed by atoms with Crippen LogP contribution in [0.15, 0.2) is 24.5 Å². The molecule has 2 N–H and O–H groups in total. The minimum Gasteiger partial charge on any atom is -0.324 e. The minimum atomic E-state index is -0.212. The third kappa shape index (κ3) is 2.43. The van der Waals surface area contributed by atoms with Gasteiger partial charge in [-0.25, -0.2) is 0 Å². The minimum absolute atomic E-state index is 0.103. The molecule has 0 aliphatic heterocycles. The highest BCUT2D eigenvalue weighted by Gasteiger charge is 2.07. The van der Waals surface area contributed by atoms with Crippen LogP contribution < -0.4 is 5.73 Å². The van der Waals surface area contributed by atoms with Crippen LogP contribution in [0.1, 0.15) is 24.9 Å². The third-order valence-electron chi connectivity index (χ3n) is 1.62. The summed E-state index contributed by atoms with van der Waals surface area (Å²) in [5, 5.41) is 0. The molecule has 0 saturated heterocycles. The van der Waals surface area contributed by atoms with Gasteiger partial charge in [0.1, 0.15) is 5.78 Å². The van der Waals surface area contributed by atoms with Crippen molar-refractivity contribution in [2.45, 2.75) is 19.4 Å². The lowest BCUT2D eigenvalue weighted by molar-refractivity contribution is -0.117. The van der Waals surface area contributed by atoms with Crippen LogP contribution in [-0.4, -0.2) is 10.8 Å². The normalized spacial score (nSPS) is 12.5. The second-order valence-electron chi connectivity index (χ2n) is 2.80. The Labute approximate surface area is 71.6 Å². The van der Waals surface area contributed by atoms with Gasteiger partial charge in [0, 0.05) is 24.9 Å². The van der Waals surface area contributed by atoms with Crippen LogP contribution in [0, 0.1) is 0 Å². The van der Waals surface area contributed by atoms with Gasteiger partial charge in [-0.1, -0.05) is 6.07 Å². The van der Waals surface area contributed by atoms with Crippen molar-refractivity contribution in [1.29, 1.82) is 0 Å². The molecule has 0 fully saturated rings. The number of Topliss-reactive ketones (excluding diaryl/α,β-unsaturated/α-hetero) is 1. The number of carbonyl (C=O) groups is 1. The van der Waals surface area contributed by atoms with Gasteiger partial charge in [0.2, 0.25) is 0 Å². The van der Waals surface area contributed by atoms with Crippen molar-refractivity contribution < 1.29 is 4.79 Å². The Morgan fingerprint density at radius 2 is 2.50 bits per heavy atom. The number of pyridine rings is 1. The molecule has 0 aliphatic rings. The van der Waals surface area contributed by atoms with Crippen LogP contribution in [0.25, 0.3) is 0 Å². The van der Waals surface area contributed by atoms with Crippen molar-refractivity contribution in [3.8, 4) is 0 Å². The zero-order chi connectivity index (χ0) is 8.97. The Kier molecular flexibility index (Phi) is 2.94. The summed E-state index contributed by atoms with van der Waals surface area (Å²) in [6.07, 6.45) is 3.75. The highest BCUT2D eigenvalue weighted by atomic mass is 16.1. The molecule has 64 valence electrons. The van der Waals surface area contributed by atoms with E-state index in [-0.39, 0.29) is 11.8 Å². The maximum absolute atomic E-state index is 10.7. The largest absolute Gasteiger partial charge is 0.324 e. The Morgan fingerprint density at radius 3 is 3.00 bits per heavy atom. The summed E-state index contributed by atoms with van der Waals surface area (Å²) in [5.74, 6) is 0.103. The van der Waals surface area contributed by atoms with Gasteiger partial charge in [0.05, 0.1) is 0 Å². The second kappa shape index (κ2) is 3.97. The van der Waals surface area contributed by atoms with Crippen molar-refractivity contribution in [2.75, 3.05) is 0 Å². The first-order chi connectivity index (χ1) is 5.70. The van der Waals surface area contributed by atoms with Gasteiger partial charge in [0.15, 0.2) is 0 Å². The Balaban J connectivity index is 2.65. The van der Waals surface area contributed by atoms with Crippen molar-refractivity contribution in [2.24, 2.45) is 5.73 Å². The molecule has 0 unspecified atom stereocenters. The molecule has 1 atom stereocenters. The van der Waals surface area contributed by atoms with Crippen LogP contribution in [-0.2, 0) is 4.79 Å². The molecule has 1 aromatic rings. The maximum atomic E-state index is 10.7. The van der Waals surface area contributed by atoms with E-state index >= 15 is 0 Å². The van der Waals surface area contributed by atoms with Crippen molar-refractivity contribution in [3.05, 3.63) is 30.1 Å². The predicted molar refractivity (Wildman–Crippen MR) is 46.5 cm³/mol. The molecule has 0 spiro atoms. The highest BCUT2D eigenvalue weighted by Crippen LogP contribution is 2.11. The number of carbonyl (C=O) groups excluding carboxylic acids is 1. The van der Waals surface area contributed by atoms with E-state index in [1.807, 2.05) is 12.1 Å². The molecule has 1 heterocycles. The fourth-order valence-corrected chi connectivity index (χ4v) is 1.02. The van der Waals surface area contributed by atoms with Gasteiger partial charge in [-0.2, -0.15) is 0 Å². The number of nitrogens with zero attached hydrogens (tertiary/aromatic N) is 1. The molecule has 0 bridgehead atoms. The molecular weight excluding hydrogens is 152 g/mol. The Bertz CT molecular complexity index is 258. The van der Waals surface area contributed by atoms with E-state index in [0.29, 0.717) is 6.42 Å². The van der Waals surface area contributed by atoms with Gasteiger partial charge in [0.25, 0.3) is 0 Å².